The lowest BCUT2D eigenvalue weighted by Crippen LogP contribution is -2.14. The molecule has 4 rings (SSSR count). The van der Waals surface area contributed by atoms with E-state index in [1.54, 1.807) is 6.20 Å². The van der Waals surface area contributed by atoms with E-state index < -0.39 is 0 Å². The van der Waals surface area contributed by atoms with Crippen LogP contribution in [0.2, 0.25) is 0 Å². The SMILES string of the molecule is O=C(CSc1nc2ncccc2[nH]1)Nc1cccc2ccccc12. The van der Waals surface area contributed by atoms with Crippen molar-refractivity contribution >= 4 is 45.3 Å². The highest BCUT2D eigenvalue weighted by Gasteiger charge is 2.09. The van der Waals surface area contributed by atoms with Crippen molar-refractivity contribution in [1.82, 2.24) is 15.0 Å². The van der Waals surface area contributed by atoms with E-state index in [9.17, 15) is 4.79 Å². The van der Waals surface area contributed by atoms with Crippen LogP contribution in [0.1, 0.15) is 0 Å². The van der Waals surface area contributed by atoms with Crippen LogP contribution in [0.15, 0.2) is 66.0 Å². The zero-order valence-corrected chi connectivity index (χ0v) is 13.5. The molecule has 0 aliphatic rings. The molecule has 0 atom stereocenters. The van der Waals surface area contributed by atoms with Crippen LogP contribution in [0.3, 0.4) is 0 Å². The van der Waals surface area contributed by atoms with E-state index in [0.29, 0.717) is 10.8 Å². The number of aromatic nitrogens is 3. The molecule has 5 nitrogen and oxygen atoms in total. The number of hydrogen-bond donors (Lipinski definition) is 2. The molecule has 0 saturated carbocycles. The average Bonchev–Trinajstić information content (AvgIpc) is 3.03. The Morgan fingerprint density at radius 1 is 1.08 bits per heavy atom. The molecule has 2 N–H and O–H groups in total. The van der Waals surface area contributed by atoms with E-state index in [2.05, 4.69) is 20.3 Å². The number of nitrogens with zero attached hydrogens (tertiary/aromatic N) is 2. The van der Waals surface area contributed by atoms with Crippen LogP contribution in [-0.4, -0.2) is 26.6 Å². The van der Waals surface area contributed by atoms with Gasteiger partial charge in [-0.3, -0.25) is 4.79 Å². The number of fused-ring (bicyclic) bond motifs is 2. The molecule has 24 heavy (non-hydrogen) atoms. The van der Waals surface area contributed by atoms with Gasteiger partial charge in [-0.25, -0.2) is 9.97 Å². The number of anilines is 1. The topological polar surface area (TPSA) is 70.7 Å². The van der Waals surface area contributed by atoms with Crippen molar-refractivity contribution in [3.05, 3.63) is 60.8 Å². The number of amides is 1. The summed E-state index contributed by atoms with van der Waals surface area (Å²) in [4.78, 5) is 23.9. The maximum Gasteiger partial charge on any atom is 0.234 e. The first-order valence-electron chi connectivity index (χ1n) is 7.51. The highest BCUT2D eigenvalue weighted by molar-refractivity contribution is 7.99. The molecule has 2 aromatic heterocycles. The zero-order valence-electron chi connectivity index (χ0n) is 12.7. The number of aromatic amines is 1. The van der Waals surface area contributed by atoms with Crippen LogP contribution in [0.4, 0.5) is 5.69 Å². The third-order valence-electron chi connectivity index (χ3n) is 3.64. The van der Waals surface area contributed by atoms with E-state index in [0.717, 1.165) is 22.0 Å². The monoisotopic (exact) mass is 334 g/mol. The summed E-state index contributed by atoms with van der Waals surface area (Å²) in [7, 11) is 0. The van der Waals surface area contributed by atoms with Gasteiger partial charge in [-0.15, -0.1) is 0 Å². The maximum absolute atomic E-state index is 12.3. The van der Waals surface area contributed by atoms with E-state index >= 15 is 0 Å². The lowest BCUT2D eigenvalue weighted by Gasteiger charge is -2.08. The van der Waals surface area contributed by atoms with Crippen molar-refractivity contribution in [2.24, 2.45) is 0 Å². The number of benzene rings is 2. The van der Waals surface area contributed by atoms with Crippen molar-refractivity contribution in [2.75, 3.05) is 11.1 Å². The van der Waals surface area contributed by atoms with E-state index in [1.807, 2.05) is 54.6 Å². The molecule has 118 valence electrons. The Morgan fingerprint density at radius 2 is 1.96 bits per heavy atom. The number of hydrogen-bond acceptors (Lipinski definition) is 4. The minimum Gasteiger partial charge on any atom is -0.332 e. The highest BCUT2D eigenvalue weighted by Crippen LogP contribution is 2.24. The van der Waals surface area contributed by atoms with Gasteiger partial charge in [0.05, 0.1) is 11.3 Å². The third kappa shape index (κ3) is 2.96. The standard InChI is InChI=1S/C18H14N4OS/c23-16(11-24-18-21-15-9-4-10-19-17(15)22-18)20-14-8-3-6-12-5-1-2-7-13(12)14/h1-10H,11H2,(H,20,23)(H,19,21,22). The maximum atomic E-state index is 12.3. The van der Waals surface area contributed by atoms with Crippen LogP contribution < -0.4 is 5.32 Å². The Hall–Kier alpha value is -2.86. The first-order valence-corrected chi connectivity index (χ1v) is 8.49. The summed E-state index contributed by atoms with van der Waals surface area (Å²) >= 11 is 1.36. The number of nitrogens with one attached hydrogen (secondary N) is 2. The molecule has 2 heterocycles. The predicted molar refractivity (Wildman–Crippen MR) is 97.2 cm³/mol. The second kappa shape index (κ2) is 6.33. The Bertz CT molecular complexity index is 989. The van der Waals surface area contributed by atoms with Gasteiger partial charge in [-0.05, 0) is 23.6 Å². The van der Waals surface area contributed by atoms with Gasteiger partial charge in [0, 0.05) is 17.3 Å². The fraction of sp³-hybridized carbons (Fsp3) is 0.0556. The van der Waals surface area contributed by atoms with Gasteiger partial charge in [-0.2, -0.15) is 0 Å². The number of H-pyrrole nitrogens is 1. The van der Waals surface area contributed by atoms with Crippen LogP contribution in [0, 0.1) is 0 Å². The number of thioether (sulfide) groups is 1. The van der Waals surface area contributed by atoms with Crippen LogP contribution in [0.5, 0.6) is 0 Å². The fourth-order valence-corrected chi connectivity index (χ4v) is 3.22. The summed E-state index contributed by atoms with van der Waals surface area (Å²) in [5.41, 5.74) is 2.36. The molecule has 6 heteroatoms. The normalized spacial score (nSPS) is 11.0. The highest BCUT2D eigenvalue weighted by atomic mass is 32.2. The first kappa shape index (κ1) is 14.7. The molecule has 0 unspecified atom stereocenters. The number of carbonyl (C=O) groups is 1. The second-order valence-electron chi connectivity index (χ2n) is 5.28. The van der Waals surface area contributed by atoms with E-state index in [-0.39, 0.29) is 11.7 Å². The third-order valence-corrected chi connectivity index (χ3v) is 4.51. The molecule has 2 aromatic carbocycles. The fourth-order valence-electron chi connectivity index (χ4n) is 2.55. The number of pyridine rings is 1. The predicted octanol–water partition coefficient (Wildman–Crippen LogP) is 3.84. The Kier molecular flexibility index (Phi) is 3.88. The Balaban J connectivity index is 1.46. The van der Waals surface area contributed by atoms with Crippen molar-refractivity contribution < 1.29 is 4.79 Å². The van der Waals surface area contributed by atoms with Gasteiger partial charge in [0.1, 0.15) is 0 Å². The molecule has 0 spiro atoms. The van der Waals surface area contributed by atoms with Crippen LogP contribution in [0.25, 0.3) is 21.9 Å². The number of rotatable bonds is 4. The molecule has 4 aromatic rings. The molecule has 0 radical (unpaired) electrons. The molecule has 1 amide bonds. The molecule has 0 aliphatic heterocycles. The smallest absolute Gasteiger partial charge is 0.234 e. The van der Waals surface area contributed by atoms with Crippen molar-refractivity contribution in [1.29, 1.82) is 0 Å². The molecular formula is C18H14N4OS. The van der Waals surface area contributed by atoms with Crippen LogP contribution >= 0.6 is 11.8 Å². The van der Waals surface area contributed by atoms with Gasteiger partial charge < -0.3 is 10.3 Å². The first-order chi connectivity index (χ1) is 11.8. The zero-order chi connectivity index (χ0) is 16.4. The van der Waals surface area contributed by atoms with Gasteiger partial charge in [0.15, 0.2) is 10.8 Å². The summed E-state index contributed by atoms with van der Waals surface area (Å²) in [6.45, 7) is 0. The molecular weight excluding hydrogens is 320 g/mol. The Morgan fingerprint density at radius 3 is 2.88 bits per heavy atom. The minimum atomic E-state index is -0.0650. The summed E-state index contributed by atoms with van der Waals surface area (Å²) in [5.74, 6) is 0.216. The molecule has 0 aliphatic carbocycles. The quantitative estimate of drug-likeness (QED) is 0.556. The van der Waals surface area contributed by atoms with E-state index in [1.165, 1.54) is 11.8 Å². The summed E-state index contributed by atoms with van der Waals surface area (Å²) < 4.78 is 0. The molecule has 0 bridgehead atoms. The molecule has 0 saturated heterocycles. The molecule has 0 fully saturated rings. The number of imidazole rings is 1. The van der Waals surface area contributed by atoms with Crippen molar-refractivity contribution in [3.8, 4) is 0 Å². The van der Waals surface area contributed by atoms with Crippen molar-refractivity contribution in [2.45, 2.75) is 5.16 Å². The number of carbonyl (C=O) groups excluding carboxylic acids is 1. The largest absolute Gasteiger partial charge is 0.332 e. The van der Waals surface area contributed by atoms with Gasteiger partial charge in [0.25, 0.3) is 0 Å². The van der Waals surface area contributed by atoms with Gasteiger partial charge in [-0.1, -0.05) is 48.2 Å². The Labute approximate surface area is 142 Å². The average molecular weight is 334 g/mol. The van der Waals surface area contributed by atoms with Gasteiger partial charge >= 0.3 is 0 Å². The van der Waals surface area contributed by atoms with Crippen LogP contribution in [-0.2, 0) is 4.79 Å². The summed E-state index contributed by atoms with van der Waals surface area (Å²) in [5, 5.41) is 5.80. The van der Waals surface area contributed by atoms with Gasteiger partial charge in [0.2, 0.25) is 5.91 Å². The minimum absolute atomic E-state index is 0.0650. The van der Waals surface area contributed by atoms with Crippen molar-refractivity contribution in [3.63, 3.8) is 0 Å². The lowest BCUT2D eigenvalue weighted by molar-refractivity contribution is -0.113. The van der Waals surface area contributed by atoms with E-state index in [4.69, 9.17) is 0 Å². The second-order valence-corrected chi connectivity index (χ2v) is 6.24. The summed E-state index contributed by atoms with van der Waals surface area (Å²) in [6, 6.07) is 17.6. The summed E-state index contributed by atoms with van der Waals surface area (Å²) in [6.07, 6.45) is 1.70. The lowest BCUT2D eigenvalue weighted by atomic mass is 10.1.